The van der Waals surface area contributed by atoms with E-state index in [-0.39, 0.29) is 0 Å². The molecule has 3 heteroatoms. The van der Waals surface area contributed by atoms with E-state index >= 15 is 0 Å². The largest absolute Gasteiger partial charge is 0.497 e. The zero-order valence-electron chi connectivity index (χ0n) is 9.00. The molecular formula is C13H12N2O. The zero-order chi connectivity index (χ0) is 11.2. The van der Waals surface area contributed by atoms with Crippen molar-refractivity contribution < 1.29 is 4.74 Å². The van der Waals surface area contributed by atoms with Crippen molar-refractivity contribution >= 4 is 12.2 Å². The molecule has 2 rings (SSSR count). The molecule has 0 radical (unpaired) electrons. The first kappa shape index (κ1) is 10.4. The van der Waals surface area contributed by atoms with Gasteiger partial charge in [0, 0.05) is 0 Å². The molecule has 1 aromatic carbocycles. The smallest absolute Gasteiger partial charge is 0.119 e. The zero-order valence-corrected chi connectivity index (χ0v) is 9.00. The highest BCUT2D eigenvalue weighted by atomic mass is 16.5. The van der Waals surface area contributed by atoms with Gasteiger partial charge in [-0.05, 0) is 29.3 Å². The van der Waals surface area contributed by atoms with Crippen LogP contribution in [-0.2, 0) is 0 Å². The van der Waals surface area contributed by atoms with Gasteiger partial charge in [-0.25, -0.2) is 0 Å². The van der Waals surface area contributed by atoms with Gasteiger partial charge in [-0.1, -0.05) is 24.3 Å². The monoisotopic (exact) mass is 212 g/mol. The van der Waals surface area contributed by atoms with E-state index in [1.54, 1.807) is 19.5 Å². The molecular weight excluding hydrogens is 200 g/mol. The molecule has 0 saturated carbocycles. The van der Waals surface area contributed by atoms with Crippen molar-refractivity contribution in [2.45, 2.75) is 0 Å². The first-order valence-electron chi connectivity index (χ1n) is 4.97. The number of methoxy groups -OCH3 is 1. The van der Waals surface area contributed by atoms with E-state index in [1.165, 1.54) is 0 Å². The van der Waals surface area contributed by atoms with Crippen LogP contribution < -0.4 is 4.74 Å². The Morgan fingerprint density at radius 1 is 1.06 bits per heavy atom. The van der Waals surface area contributed by atoms with Gasteiger partial charge in [-0.2, -0.15) is 10.2 Å². The predicted octanol–water partition coefficient (Wildman–Crippen LogP) is 2.66. The van der Waals surface area contributed by atoms with Gasteiger partial charge in [0.25, 0.3) is 0 Å². The number of ether oxygens (including phenoxy) is 1. The molecule has 0 bridgehead atoms. The number of nitrogens with zero attached hydrogens (tertiary/aromatic N) is 2. The molecule has 80 valence electrons. The van der Waals surface area contributed by atoms with Crippen LogP contribution in [0.4, 0.5) is 0 Å². The average molecular weight is 212 g/mol. The van der Waals surface area contributed by atoms with Gasteiger partial charge in [0.15, 0.2) is 0 Å². The number of hydrogen-bond donors (Lipinski definition) is 0. The number of aromatic nitrogens is 2. The summed E-state index contributed by atoms with van der Waals surface area (Å²) in [5.41, 5.74) is 2.12. The Bertz CT molecular complexity index is 480. The van der Waals surface area contributed by atoms with Crippen molar-refractivity contribution in [2.75, 3.05) is 7.11 Å². The maximum absolute atomic E-state index is 5.15. The SMILES string of the molecule is COc1cccc(/C=C\c2ccnnc2)c1. The molecule has 0 fully saturated rings. The van der Waals surface area contributed by atoms with E-state index in [0.29, 0.717) is 0 Å². The van der Waals surface area contributed by atoms with E-state index < -0.39 is 0 Å². The third-order valence-corrected chi connectivity index (χ3v) is 2.17. The summed E-state index contributed by atoms with van der Waals surface area (Å²) in [5, 5.41) is 7.53. The summed E-state index contributed by atoms with van der Waals surface area (Å²) < 4.78 is 5.15. The van der Waals surface area contributed by atoms with Gasteiger partial charge in [-0.15, -0.1) is 0 Å². The second kappa shape index (κ2) is 5.07. The van der Waals surface area contributed by atoms with Crippen molar-refractivity contribution in [1.29, 1.82) is 0 Å². The quantitative estimate of drug-likeness (QED) is 0.784. The Balaban J connectivity index is 2.17. The molecule has 0 saturated heterocycles. The lowest BCUT2D eigenvalue weighted by Crippen LogP contribution is -1.82. The van der Waals surface area contributed by atoms with Gasteiger partial charge < -0.3 is 4.74 Å². The van der Waals surface area contributed by atoms with Crippen LogP contribution in [0.25, 0.3) is 12.2 Å². The highest BCUT2D eigenvalue weighted by molar-refractivity contribution is 5.69. The Hall–Kier alpha value is -2.16. The molecule has 0 amide bonds. The minimum atomic E-state index is 0.856. The first-order chi connectivity index (χ1) is 7.88. The van der Waals surface area contributed by atoms with Gasteiger partial charge in [-0.3, -0.25) is 0 Å². The average Bonchev–Trinajstić information content (AvgIpc) is 2.38. The van der Waals surface area contributed by atoms with Crippen molar-refractivity contribution in [3.63, 3.8) is 0 Å². The van der Waals surface area contributed by atoms with E-state index in [9.17, 15) is 0 Å². The van der Waals surface area contributed by atoms with Crippen LogP contribution in [-0.4, -0.2) is 17.3 Å². The summed E-state index contributed by atoms with van der Waals surface area (Å²) in [4.78, 5) is 0. The highest BCUT2D eigenvalue weighted by Gasteiger charge is 1.91. The Morgan fingerprint density at radius 2 is 1.94 bits per heavy atom. The molecule has 0 N–H and O–H groups in total. The van der Waals surface area contributed by atoms with Crippen molar-refractivity contribution in [3.05, 3.63) is 53.9 Å². The van der Waals surface area contributed by atoms with Crippen LogP contribution in [0.5, 0.6) is 5.75 Å². The van der Waals surface area contributed by atoms with Crippen molar-refractivity contribution in [1.82, 2.24) is 10.2 Å². The fraction of sp³-hybridized carbons (Fsp3) is 0.0769. The highest BCUT2D eigenvalue weighted by Crippen LogP contribution is 2.14. The summed E-state index contributed by atoms with van der Waals surface area (Å²) in [7, 11) is 1.66. The first-order valence-corrected chi connectivity index (χ1v) is 4.97. The molecule has 0 aliphatic rings. The molecule has 0 unspecified atom stereocenters. The van der Waals surface area contributed by atoms with E-state index in [0.717, 1.165) is 16.9 Å². The topological polar surface area (TPSA) is 35.0 Å². The fourth-order valence-corrected chi connectivity index (χ4v) is 1.34. The fourth-order valence-electron chi connectivity index (χ4n) is 1.34. The van der Waals surface area contributed by atoms with Gasteiger partial charge >= 0.3 is 0 Å². The Kier molecular flexibility index (Phi) is 3.28. The van der Waals surface area contributed by atoms with Crippen LogP contribution in [0.2, 0.25) is 0 Å². The summed E-state index contributed by atoms with van der Waals surface area (Å²) >= 11 is 0. The molecule has 0 atom stereocenters. The van der Waals surface area contributed by atoms with E-state index in [2.05, 4.69) is 10.2 Å². The number of hydrogen-bond acceptors (Lipinski definition) is 3. The second-order valence-corrected chi connectivity index (χ2v) is 3.29. The summed E-state index contributed by atoms with van der Waals surface area (Å²) in [6.07, 6.45) is 7.39. The maximum atomic E-state index is 5.15. The predicted molar refractivity (Wildman–Crippen MR) is 64.0 cm³/mol. The lowest BCUT2D eigenvalue weighted by atomic mass is 10.1. The normalized spacial score (nSPS) is 10.6. The molecule has 3 nitrogen and oxygen atoms in total. The van der Waals surface area contributed by atoms with E-state index in [1.807, 2.05) is 42.5 Å². The van der Waals surface area contributed by atoms with Crippen molar-refractivity contribution in [3.8, 4) is 5.75 Å². The van der Waals surface area contributed by atoms with Gasteiger partial charge in [0.2, 0.25) is 0 Å². The van der Waals surface area contributed by atoms with Crippen LogP contribution in [0, 0.1) is 0 Å². The third-order valence-electron chi connectivity index (χ3n) is 2.17. The molecule has 0 aliphatic carbocycles. The molecule has 1 heterocycles. The Labute approximate surface area is 94.4 Å². The summed E-state index contributed by atoms with van der Waals surface area (Å²) in [6.45, 7) is 0. The van der Waals surface area contributed by atoms with E-state index in [4.69, 9.17) is 4.74 Å². The maximum Gasteiger partial charge on any atom is 0.119 e. The molecule has 0 spiro atoms. The number of benzene rings is 1. The summed E-state index contributed by atoms with van der Waals surface area (Å²) in [6, 6.07) is 9.79. The third kappa shape index (κ3) is 2.67. The Morgan fingerprint density at radius 3 is 2.69 bits per heavy atom. The van der Waals surface area contributed by atoms with Crippen LogP contribution in [0.1, 0.15) is 11.1 Å². The molecule has 0 aliphatic heterocycles. The molecule has 16 heavy (non-hydrogen) atoms. The van der Waals surface area contributed by atoms with Gasteiger partial charge in [0.05, 0.1) is 19.5 Å². The van der Waals surface area contributed by atoms with Crippen molar-refractivity contribution in [2.24, 2.45) is 0 Å². The summed E-state index contributed by atoms with van der Waals surface area (Å²) in [5.74, 6) is 0.856. The lowest BCUT2D eigenvalue weighted by molar-refractivity contribution is 0.414. The minimum absolute atomic E-state index is 0.856. The van der Waals surface area contributed by atoms with Crippen LogP contribution in [0.3, 0.4) is 0 Å². The lowest BCUT2D eigenvalue weighted by Gasteiger charge is -1.99. The second-order valence-electron chi connectivity index (χ2n) is 3.29. The molecule has 1 aromatic heterocycles. The van der Waals surface area contributed by atoms with Crippen LogP contribution in [0.15, 0.2) is 42.7 Å². The minimum Gasteiger partial charge on any atom is -0.497 e. The number of rotatable bonds is 3. The standard InChI is InChI=1S/C13H12N2O/c1-16-13-4-2-3-11(9-13)5-6-12-7-8-14-15-10-12/h2-10H,1H3/b6-5-. The van der Waals surface area contributed by atoms with Gasteiger partial charge in [0.1, 0.15) is 5.75 Å². The molecule has 2 aromatic rings. The van der Waals surface area contributed by atoms with Crippen LogP contribution >= 0.6 is 0 Å².